The van der Waals surface area contributed by atoms with E-state index in [9.17, 15) is 0 Å². The number of aryl methyl sites for hydroxylation is 1. The van der Waals surface area contributed by atoms with Crippen LogP contribution in [0.1, 0.15) is 12.5 Å². The number of nitrogen functional groups attached to an aromatic ring is 1. The van der Waals surface area contributed by atoms with Gasteiger partial charge in [-0.2, -0.15) is 0 Å². The van der Waals surface area contributed by atoms with Crippen LogP contribution in [0, 0.1) is 6.92 Å². The molecule has 0 aliphatic carbocycles. The second-order valence-electron chi connectivity index (χ2n) is 3.72. The van der Waals surface area contributed by atoms with Crippen LogP contribution >= 0.6 is 0 Å². The molecule has 0 bridgehead atoms. The van der Waals surface area contributed by atoms with Gasteiger partial charge in [-0.25, -0.2) is 9.97 Å². The first-order valence-corrected chi connectivity index (χ1v) is 5.53. The molecule has 4 heteroatoms. The minimum absolute atomic E-state index is 0.285. The van der Waals surface area contributed by atoms with Crippen LogP contribution in [0.25, 0.3) is 11.3 Å². The third kappa shape index (κ3) is 2.53. The minimum atomic E-state index is 0.285. The molecule has 1 aromatic heterocycles. The van der Waals surface area contributed by atoms with Gasteiger partial charge in [-0.1, -0.05) is 12.1 Å². The molecule has 1 heterocycles. The number of nitrogens with two attached hydrogens (primary N) is 1. The summed E-state index contributed by atoms with van der Waals surface area (Å²) in [5.74, 6) is 1.12. The highest BCUT2D eigenvalue weighted by Gasteiger charge is 2.06. The van der Waals surface area contributed by atoms with Crippen LogP contribution < -0.4 is 10.5 Å². The lowest BCUT2D eigenvalue weighted by Crippen LogP contribution is -1.98. The molecule has 2 rings (SSSR count). The second kappa shape index (κ2) is 4.82. The van der Waals surface area contributed by atoms with Crippen molar-refractivity contribution in [3.8, 4) is 17.0 Å². The van der Waals surface area contributed by atoms with E-state index in [1.54, 1.807) is 6.20 Å². The van der Waals surface area contributed by atoms with Crippen LogP contribution in [0.15, 0.2) is 30.5 Å². The summed E-state index contributed by atoms with van der Waals surface area (Å²) < 4.78 is 5.46. The molecule has 0 aliphatic rings. The minimum Gasteiger partial charge on any atom is -0.494 e. The molecule has 0 unspecified atom stereocenters. The maximum absolute atomic E-state index is 5.61. The lowest BCUT2D eigenvalue weighted by atomic mass is 10.1. The highest BCUT2D eigenvalue weighted by Crippen LogP contribution is 2.25. The van der Waals surface area contributed by atoms with Crippen molar-refractivity contribution in [1.82, 2.24) is 9.97 Å². The zero-order valence-corrected chi connectivity index (χ0v) is 9.97. The number of hydrogen-bond acceptors (Lipinski definition) is 4. The van der Waals surface area contributed by atoms with Crippen molar-refractivity contribution < 1.29 is 4.74 Å². The fourth-order valence-corrected chi connectivity index (χ4v) is 1.65. The summed E-state index contributed by atoms with van der Waals surface area (Å²) in [7, 11) is 0. The first kappa shape index (κ1) is 11.4. The van der Waals surface area contributed by atoms with Gasteiger partial charge in [-0.15, -0.1) is 0 Å². The van der Waals surface area contributed by atoms with Crippen LogP contribution in [-0.2, 0) is 0 Å². The molecule has 0 spiro atoms. The summed E-state index contributed by atoms with van der Waals surface area (Å²) >= 11 is 0. The number of rotatable bonds is 3. The lowest BCUT2D eigenvalue weighted by Gasteiger charge is -2.08. The molecule has 0 fully saturated rings. The summed E-state index contributed by atoms with van der Waals surface area (Å²) in [6, 6.07) is 7.81. The average molecular weight is 229 g/mol. The van der Waals surface area contributed by atoms with Gasteiger partial charge in [0.05, 0.1) is 12.3 Å². The zero-order valence-electron chi connectivity index (χ0n) is 9.97. The zero-order chi connectivity index (χ0) is 12.3. The number of ether oxygens (including phenoxy) is 1. The van der Waals surface area contributed by atoms with E-state index in [0.29, 0.717) is 6.61 Å². The van der Waals surface area contributed by atoms with Gasteiger partial charge in [0, 0.05) is 11.8 Å². The third-order valence-electron chi connectivity index (χ3n) is 2.41. The van der Waals surface area contributed by atoms with Crippen molar-refractivity contribution in [3.63, 3.8) is 0 Å². The molecule has 17 heavy (non-hydrogen) atoms. The van der Waals surface area contributed by atoms with Gasteiger partial charge in [0.25, 0.3) is 0 Å². The molecule has 0 radical (unpaired) electrons. The molecule has 2 N–H and O–H groups in total. The smallest absolute Gasteiger partial charge is 0.220 e. The van der Waals surface area contributed by atoms with Crippen molar-refractivity contribution in [2.45, 2.75) is 13.8 Å². The van der Waals surface area contributed by atoms with Gasteiger partial charge in [0.15, 0.2) is 0 Å². The molecule has 88 valence electrons. The van der Waals surface area contributed by atoms with E-state index in [1.165, 1.54) is 0 Å². The van der Waals surface area contributed by atoms with Crippen LogP contribution in [0.3, 0.4) is 0 Å². The molecule has 0 saturated carbocycles. The van der Waals surface area contributed by atoms with Crippen molar-refractivity contribution in [2.75, 3.05) is 12.3 Å². The largest absolute Gasteiger partial charge is 0.494 e. The van der Waals surface area contributed by atoms with Crippen LogP contribution in [0.2, 0.25) is 0 Å². The van der Waals surface area contributed by atoms with E-state index in [1.807, 2.05) is 38.1 Å². The highest BCUT2D eigenvalue weighted by molar-refractivity contribution is 5.65. The monoisotopic (exact) mass is 229 g/mol. The number of hydrogen-bond donors (Lipinski definition) is 1. The van der Waals surface area contributed by atoms with Crippen LogP contribution in [0.5, 0.6) is 5.75 Å². The van der Waals surface area contributed by atoms with Gasteiger partial charge in [0.2, 0.25) is 5.95 Å². The predicted octanol–water partition coefficient (Wildman–Crippen LogP) is 2.43. The van der Waals surface area contributed by atoms with E-state index in [0.717, 1.165) is 22.6 Å². The fourth-order valence-electron chi connectivity index (χ4n) is 1.65. The maximum Gasteiger partial charge on any atom is 0.220 e. The Morgan fingerprint density at radius 1 is 1.35 bits per heavy atom. The summed E-state index contributed by atoms with van der Waals surface area (Å²) in [4.78, 5) is 8.21. The predicted molar refractivity (Wildman–Crippen MR) is 67.8 cm³/mol. The normalized spacial score (nSPS) is 10.2. The fraction of sp³-hybridized carbons (Fsp3) is 0.231. The number of aromatic nitrogens is 2. The van der Waals surface area contributed by atoms with Gasteiger partial charge in [-0.05, 0) is 31.5 Å². The molecule has 0 amide bonds. The number of nitrogens with zero attached hydrogens (tertiary/aromatic N) is 2. The molecule has 4 nitrogen and oxygen atoms in total. The van der Waals surface area contributed by atoms with Crippen molar-refractivity contribution in [3.05, 3.63) is 36.0 Å². The van der Waals surface area contributed by atoms with Gasteiger partial charge < -0.3 is 10.5 Å². The molecular formula is C13H15N3O. The average Bonchev–Trinajstić information content (AvgIpc) is 2.33. The summed E-state index contributed by atoms with van der Waals surface area (Å²) in [5, 5.41) is 0. The number of benzene rings is 1. The van der Waals surface area contributed by atoms with Crippen molar-refractivity contribution >= 4 is 5.95 Å². The Balaban J connectivity index is 2.45. The Hall–Kier alpha value is -2.10. The summed E-state index contributed by atoms with van der Waals surface area (Å²) in [5.41, 5.74) is 8.44. The van der Waals surface area contributed by atoms with Gasteiger partial charge >= 0.3 is 0 Å². The molecule has 0 atom stereocenters. The van der Waals surface area contributed by atoms with Gasteiger partial charge in [0.1, 0.15) is 5.75 Å². The lowest BCUT2D eigenvalue weighted by molar-refractivity contribution is 0.340. The Morgan fingerprint density at radius 3 is 2.94 bits per heavy atom. The van der Waals surface area contributed by atoms with E-state index in [4.69, 9.17) is 10.5 Å². The Morgan fingerprint density at radius 2 is 2.18 bits per heavy atom. The highest BCUT2D eigenvalue weighted by atomic mass is 16.5. The van der Waals surface area contributed by atoms with Crippen LogP contribution in [0.4, 0.5) is 5.95 Å². The van der Waals surface area contributed by atoms with E-state index in [2.05, 4.69) is 9.97 Å². The molecule has 0 saturated heterocycles. The van der Waals surface area contributed by atoms with E-state index >= 15 is 0 Å². The maximum atomic E-state index is 5.61. The van der Waals surface area contributed by atoms with E-state index < -0.39 is 0 Å². The van der Waals surface area contributed by atoms with E-state index in [-0.39, 0.29) is 5.95 Å². The Labute approximate surface area is 100 Å². The topological polar surface area (TPSA) is 61.0 Å². The first-order valence-electron chi connectivity index (χ1n) is 5.53. The standard InChI is InChI=1S/C13H15N3O/c1-3-17-11-6-4-5-10(7-11)12-9(2)8-15-13(14)16-12/h4-8H,3H2,1-2H3,(H2,14,15,16). The summed E-state index contributed by atoms with van der Waals surface area (Å²) in [6.07, 6.45) is 1.73. The van der Waals surface area contributed by atoms with Crippen molar-refractivity contribution in [2.24, 2.45) is 0 Å². The Bertz CT molecular complexity index is 526. The molecule has 2 aromatic rings. The SMILES string of the molecule is CCOc1cccc(-c2nc(N)ncc2C)c1. The molecule has 0 aliphatic heterocycles. The first-order chi connectivity index (χ1) is 8.20. The molecular weight excluding hydrogens is 214 g/mol. The Kier molecular flexibility index (Phi) is 3.23. The third-order valence-corrected chi connectivity index (χ3v) is 2.41. The molecule has 1 aromatic carbocycles. The summed E-state index contributed by atoms with van der Waals surface area (Å²) in [6.45, 7) is 4.57. The van der Waals surface area contributed by atoms with Crippen molar-refractivity contribution in [1.29, 1.82) is 0 Å². The quantitative estimate of drug-likeness (QED) is 0.878. The second-order valence-corrected chi connectivity index (χ2v) is 3.72. The number of anilines is 1. The van der Waals surface area contributed by atoms with Gasteiger partial charge in [-0.3, -0.25) is 0 Å². The van der Waals surface area contributed by atoms with Crippen LogP contribution in [-0.4, -0.2) is 16.6 Å².